The average molecular weight is 241 g/mol. The molecule has 0 saturated heterocycles. The second-order valence-electron chi connectivity index (χ2n) is 4.43. The molecule has 0 spiro atoms. The van der Waals surface area contributed by atoms with Crippen LogP contribution in [0.4, 0.5) is 0 Å². The average Bonchev–Trinajstić information content (AvgIpc) is 2.42. The summed E-state index contributed by atoms with van der Waals surface area (Å²) in [7, 11) is 0. The van der Waals surface area contributed by atoms with Crippen molar-refractivity contribution in [2.45, 2.75) is 19.4 Å². The van der Waals surface area contributed by atoms with Crippen LogP contribution in [-0.2, 0) is 6.42 Å². The molecule has 1 unspecified atom stereocenters. The van der Waals surface area contributed by atoms with Crippen molar-refractivity contribution in [3.05, 3.63) is 65.7 Å². The van der Waals surface area contributed by atoms with Crippen LogP contribution >= 0.6 is 0 Å². The maximum absolute atomic E-state index is 5.84. The zero-order chi connectivity index (χ0) is 12.8. The summed E-state index contributed by atoms with van der Waals surface area (Å²) in [5.74, 6) is 0.930. The molecule has 0 aromatic heterocycles. The Kier molecular flexibility index (Phi) is 4.37. The third kappa shape index (κ3) is 3.34. The van der Waals surface area contributed by atoms with E-state index >= 15 is 0 Å². The number of ether oxygens (including phenoxy) is 1. The van der Waals surface area contributed by atoms with E-state index in [1.807, 2.05) is 31.2 Å². The van der Waals surface area contributed by atoms with Gasteiger partial charge in [-0.15, -0.1) is 0 Å². The summed E-state index contributed by atoms with van der Waals surface area (Å²) >= 11 is 0. The van der Waals surface area contributed by atoms with Gasteiger partial charge in [0.1, 0.15) is 11.9 Å². The lowest BCUT2D eigenvalue weighted by Crippen LogP contribution is -2.23. The van der Waals surface area contributed by atoms with Crippen molar-refractivity contribution in [2.75, 3.05) is 6.54 Å². The van der Waals surface area contributed by atoms with Gasteiger partial charge >= 0.3 is 0 Å². The van der Waals surface area contributed by atoms with Gasteiger partial charge < -0.3 is 10.5 Å². The van der Waals surface area contributed by atoms with Gasteiger partial charge in [0.25, 0.3) is 0 Å². The summed E-state index contributed by atoms with van der Waals surface area (Å²) in [5, 5.41) is 0. The normalized spacial score (nSPS) is 12.1. The summed E-state index contributed by atoms with van der Waals surface area (Å²) in [6, 6.07) is 18.5. The van der Waals surface area contributed by atoms with Gasteiger partial charge in [0.2, 0.25) is 0 Å². The van der Waals surface area contributed by atoms with Crippen LogP contribution in [0.2, 0.25) is 0 Å². The minimum Gasteiger partial charge on any atom is -0.489 e. The van der Waals surface area contributed by atoms with Crippen molar-refractivity contribution in [3.63, 3.8) is 0 Å². The topological polar surface area (TPSA) is 35.2 Å². The number of hydrogen-bond acceptors (Lipinski definition) is 2. The molecule has 0 radical (unpaired) electrons. The molecule has 0 heterocycles. The summed E-state index contributed by atoms with van der Waals surface area (Å²) < 4.78 is 5.84. The Hall–Kier alpha value is -1.80. The second kappa shape index (κ2) is 6.22. The number of benzene rings is 2. The molecule has 94 valence electrons. The quantitative estimate of drug-likeness (QED) is 0.873. The molecule has 0 fully saturated rings. The molecule has 2 N–H and O–H groups in total. The van der Waals surface area contributed by atoms with Crippen LogP contribution in [0.1, 0.15) is 18.1 Å². The predicted molar refractivity (Wildman–Crippen MR) is 74.8 cm³/mol. The third-order valence-corrected chi connectivity index (χ3v) is 2.87. The Balaban J connectivity index is 2.17. The van der Waals surface area contributed by atoms with E-state index in [0.29, 0.717) is 6.54 Å². The van der Waals surface area contributed by atoms with E-state index in [-0.39, 0.29) is 6.10 Å². The van der Waals surface area contributed by atoms with Gasteiger partial charge in [-0.2, -0.15) is 0 Å². The maximum atomic E-state index is 5.84. The predicted octanol–water partition coefficient (Wildman–Crippen LogP) is 3.00. The van der Waals surface area contributed by atoms with Crippen LogP contribution in [0.15, 0.2) is 54.6 Å². The number of hydrogen-bond donors (Lipinski definition) is 1. The zero-order valence-electron chi connectivity index (χ0n) is 10.7. The largest absolute Gasteiger partial charge is 0.489 e. The molecule has 18 heavy (non-hydrogen) atoms. The van der Waals surface area contributed by atoms with Crippen LogP contribution in [0.25, 0.3) is 0 Å². The van der Waals surface area contributed by atoms with Gasteiger partial charge in [0, 0.05) is 13.0 Å². The molecular weight excluding hydrogens is 222 g/mol. The molecule has 0 aliphatic heterocycles. The van der Waals surface area contributed by atoms with E-state index < -0.39 is 0 Å². The van der Waals surface area contributed by atoms with Crippen LogP contribution in [0, 0.1) is 0 Å². The van der Waals surface area contributed by atoms with E-state index in [1.54, 1.807) is 0 Å². The number of para-hydroxylation sites is 1. The molecule has 2 aromatic carbocycles. The number of rotatable bonds is 5. The summed E-state index contributed by atoms with van der Waals surface area (Å²) in [6.45, 7) is 2.51. The van der Waals surface area contributed by atoms with Crippen LogP contribution in [0.5, 0.6) is 5.75 Å². The highest BCUT2D eigenvalue weighted by Gasteiger charge is 2.07. The Morgan fingerprint density at radius 3 is 2.39 bits per heavy atom. The zero-order valence-corrected chi connectivity index (χ0v) is 10.7. The highest BCUT2D eigenvalue weighted by Crippen LogP contribution is 2.22. The van der Waals surface area contributed by atoms with E-state index in [0.717, 1.165) is 12.2 Å². The van der Waals surface area contributed by atoms with E-state index in [2.05, 4.69) is 30.3 Å². The maximum Gasteiger partial charge on any atom is 0.123 e. The molecule has 0 bridgehead atoms. The summed E-state index contributed by atoms with van der Waals surface area (Å²) in [4.78, 5) is 0. The molecule has 0 aliphatic rings. The Morgan fingerprint density at radius 1 is 1.00 bits per heavy atom. The molecule has 2 aromatic rings. The van der Waals surface area contributed by atoms with Gasteiger partial charge in [0.05, 0.1) is 0 Å². The summed E-state index contributed by atoms with van der Waals surface area (Å²) in [6.07, 6.45) is 0.927. The highest BCUT2D eigenvalue weighted by molar-refractivity contribution is 5.37. The van der Waals surface area contributed by atoms with Crippen molar-refractivity contribution in [1.29, 1.82) is 0 Å². The van der Waals surface area contributed by atoms with E-state index in [4.69, 9.17) is 10.5 Å². The van der Waals surface area contributed by atoms with Gasteiger partial charge in [0.15, 0.2) is 0 Å². The molecule has 1 atom stereocenters. The van der Waals surface area contributed by atoms with Crippen molar-refractivity contribution < 1.29 is 4.74 Å². The van der Waals surface area contributed by atoms with Gasteiger partial charge in [-0.3, -0.25) is 0 Å². The molecule has 2 heteroatoms. The Morgan fingerprint density at radius 2 is 1.67 bits per heavy atom. The van der Waals surface area contributed by atoms with Crippen LogP contribution in [-0.4, -0.2) is 12.6 Å². The fourth-order valence-corrected chi connectivity index (χ4v) is 1.85. The molecular formula is C16H19NO. The lowest BCUT2D eigenvalue weighted by molar-refractivity contribution is 0.228. The van der Waals surface area contributed by atoms with Gasteiger partial charge in [-0.05, 0) is 24.1 Å². The van der Waals surface area contributed by atoms with Gasteiger partial charge in [-0.1, -0.05) is 48.5 Å². The minimum absolute atomic E-state index is 0.0434. The van der Waals surface area contributed by atoms with Crippen LogP contribution in [0.3, 0.4) is 0 Å². The molecule has 0 saturated carbocycles. The lowest BCUT2D eigenvalue weighted by atomic mass is 10.0. The standard InChI is InChI=1S/C16H19NO/c1-13(12-17)18-16-10-6-5-9-15(16)11-14-7-3-2-4-8-14/h2-10,13H,11-12,17H2,1H3. The molecule has 2 rings (SSSR count). The minimum atomic E-state index is 0.0434. The van der Waals surface area contributed by atoms with Crippen molar-refractivity contribution in [3.8, 4) is 5.75 Å². The van der Waals surface area contributed by atoms with Crippen LogP contribution < -0.4 is 10.5 Å². The number of nitrogens with two attached hydrogens (primary N) is 1. The van der Waals surface area contributed by atoms with Crippen molar-refractivity contribution >= 4 is 0 Å². The first kappa shape index (κ1) is 12.7. The SMILES string of the molecule is CC(CN)Oc1ccccc1Cc1ccccc1. The fourth-order valence-electron chi connectivity index (χ4n) is 1.85. The first-order chi connectivity index (χ1) is 8.79. The highest BCUT2D eigenvalue weighted by atomic mass is 16.5. The van der Waals surface area contributed by atoms with Crippen molar-refractivity contribution in [1.82, 2.24) is 0 Å². The molecule has 0 aliphatic carbocycles. The van der Waals surface area contributed by atoms with E-state index in [9.17, 15) is 0 Å². The first-order valence-corrected chi connectivity index (χ1v) is 6.28. The summed E-state index contributed by atoms with van der Waals surface area (Å²) in [5.41, 5.74) is 8.08. The Bertz CT molecular complexity index is 481. The second-order valence-corrected chi connectivity index (χ2v) is 4.43. The molecule has 2 nitrogen and oxygen atoms in total. The van der Waals surface area contributed by atoms with Crippen molar-refractivity contribution in [2.24, 2.45) is 5.73 Å². The Labute approximate surface area is 108 Å². The van der Waals surface area contributed by atoms with E-state index in [1.165, 1.54) is 11.1 Å². The van der Waals surface area contributed by atoms with Gasteiger partial charge in [-0.25, -0.2) is 0 Å². The third-order valence-electron chi connectivity index (χ3n) is 2.87. The fraction of sp³-hybridized carbons (Fsp3) is 0.250. The first-order valence-electron chi connectivity index (χ1n) is 6.28. The lowest BCUT2D eigenvalue weighted by Gasteiger charge is -2.16. The monoisotopic (exact) mass is 241 g/mol. The smallest absolute Gasteiger partial charge is 0.123 e. The molecule has 0 amide bonds.